The molecular formula is C56H91N5O11S. The maximum Gasteiger partial charge on any atom is 0.407 e. The van der Waals surface area contributed by atoms with Crippen molar-refractivity contribution in [2.75, 3.05) is 51.9 Å². The standard InChI is InChI=1S/C24H39NO8.C12H14O3.C12H26S.C8H12N4/c1-17(2)21(27)31-12-11-30-20(26)10-8-9-19(5)15-24(6,7)16-25-23(29)33-14-13-32-22(28)18(3)4;1-10(2)12(13)15-9-8-14-11-6-4-3-5-7-11;1-2-3-4-5-6-7-8-9-10-11-12-13;1-7(2,5-9)11-12-8(3,4)6-10/h19H,1,3,8-16H2,2,4-7H3,(H,25,29);3-7H,1,8-9H2,2H3;13H,2-12H2,1H3;1-4H3. The molecule has 0 aliphatic heterocycles. The van der Waals surface area contributed by atoms with Gasteiger partial charge in [-0.3, -0.25) is 4.79 Å². The largest absolute Gasteiger partial charge is 0.490 e. The highest BCUT2D eigenvalue weighted by Gasteiger charge is 2.23. The van der Waals surface area contributed by atoms with E-state index in [0.717, 1.165) is 24.3 Å². The van der Waals surface area contributed by atoms with Crippen LogP contribution in [0.5, 0.6) is 5.75 Å². The van der Waals surface area contributed by atoms with Crippen molar-refractivity contribution in [1.29, 1.82) is 10.5 Å². The van der Waals surface area contributed by atoms with Gasteiger partial charge in [0.15, 0.2) is 11.1 Å². The van der Waals surface area contributed by atoms with Gasteiger partial charge in [-0.15, -0.1) is 0 Å². The van der Waals surface area contributed by atoms with Crippen molar-refractivity contribution in [3.8, 4) is 17.9 Å². The fraction of sp³-hybridized carbons (Fsp3) is 0.661. The van der Waals surface area contributed by atoms with Crippen LogP contribution in [-0.2, 0) is 42.9 Å². The smallest absolute Gasteiger partial charge is 0.407 e. The van der Waals surface area contributed by atoms with Crippen LogP contribution in [0.4, 0.5) is 4.79 Å². The molecule has 0 aliphatic rings. The van der Waals surface area contributed by atoms with Crippen molar-refractivity contribution in [1.82, 2.24) is 5.32 Å². The van der Waals surface area contributed by atoms with Crippen molar-refractivity contribution in [3.05, 3.63) is 66.8 Å². The predicted molar refractivity (Wildman–Crippen MR) is 291 cm³/mol. The van der Waals surface area contributed by atoms with E-state index in [4.69, 9.17) is 38.9 Å². The molecule has 0 aliphatic carbocycles. The zero-order valence-corrected chi connectivity index (χ0v) is 47.3. The van der Waals surface area contributed by atoms with Crippen LogP contribution >= 0.6 is 12.6 Å². The number of thiol groups is 1. The fourth-order valence-electron chi connectivity index (χ4n) is 5.78. The van der Waals surface area contributed by atoms with Crippen molar-refractivity contribution in [2.24, 2.45) is 21.6 Å². The van der Waals surface area contributed by atoms with E-state index >= 15 is 0 Å². The summed E-state index contributed by atoms with van der Waals surface area (Å²) >= 11 is 4.20. The summed E-state index contributed by atoms with van der Waals surface area (Å²) in [5.74, 6) is 0.433. The SMILES string of the molecule is C=C(C)C(=O)OCCOC(=O)CCCC(C)CC(C)(C)CNC(=O)OCCOC(=O)C(=C)C.C=C(C)C(=O)OCCOc1ccccc1.CC(C)(C#N)N=NC(C)(C)C#N.CCCCCCCCCCCCS. The number of para-hydroxylation sites is 1. The fourth-order valence-corrected chi connectivity index (χ4v) is 6.00. The van der Waals surface area contributed by atoms with E-state index in [1.54, 1.807) is 41.5 Å². The van der Waals surface area contributed by atoms with Crippen LogP contribution in [-0.4, -0.2) is 93.0 Å². The molecule has 1 N–H and O–H groups in total. The number of unbranched alkanes of at least 4 members (excludes halogenated alkanes) is 9. The number of rotatable bonds is 33. The molecule has 1 amide bonds. The number of nitrogens with zero attached hydrogens (tertiary/aromatic N) is 4. The summed E-state index contributed by atoms with van der Waals surface area (Å²) in [7, 11) is 0. The van der Waals surface area contributed by atoms with E-state index in [1.807, 2.05) is 56.3 Å². The van der Waals surface area contributed by atoms with Crippen LogP contribution in [0.3, 0.4) is 0 Å². The van der Waals surface area contributed by atoms with Gasteiger partial charge in [0.05, 0.1) is 12.1 Å². The molecule has 1 aromatic carbocycles. The van der Waals surface area contributed by atoms with Crippen molar-refractivity contribution >= 4 is 42.6 Å². The molecule has 0 saturated carbocycles. The zero-order chi connectivity index (χ0) is 56.1. The molecule has 0 bridgehead atoms. The van der Waals surface area contributed by atoms with Gasteiger partial charge in [-0.05, 0) is 96.9 Å². The summed E-state index contributed by atoms with van der Waals surface area (Å²) in [5, 5.41) is 27.4. The molecule has 0 heterocycles. The Balaban J connectivity index is -0.00000101. The van der Waals surface area contributed by atoms with Crippen LogP contribution in [0.25, 0.3) is 0 Å². The van der Waals surface area contributed by atoms with Gasteiger partial charge in [0.1, 0.15) is 45.4 Å². The number of ether oxygens (including phenoxy) is 6. The third kappa shape index (κ3) is 48.4. The molecule has 412 valence electrons. The molecular weight excluding hydrogens is 951 g/mol. The number of esters is 4. The first-order valence-corrected chi connectivity index (χ1v) is 26.0. The van der Waals surface area contributed by atoms with Crippen molar-refractivity contribution in [3.63, 3.8) is 0 Å². The molecule has 0 radical (unpaired) electrons. The molecule has 0 saturated heterocycles. The first-order valence-electron chi connectivity index (χ1n) is 25.4. The van der Waals surface area contributed by atoms with Crippen LogP contribution in [0.1, 0.15) is 166 Å². The molecule has 1 aromatic rings. The Hall–Kier alpha value is -5.68. The molecule has 0 fully saturated rings. The average molecular weight is 1040 g/mol. The third-order valence-corrected chi connectivity index (χ3v) is 10.1. The van der Waals surface area contributed by atoms with E-state index in [1.165, 1.54) is 71.1 Å². The quantitative estimate of drug-likeness (QED) is 0.0167. The Morgan fingerprint density at radius 1 is 0.630 bits per heavy atom. The number of nitriles is 2. The second-order valence-corrected chi connectivity index (χ2v) is 19.9. The second kappa shape index (κ2) is 43.9. The normalized spacial score (nSPS) is 11.2. The second-order valence-electron chi connectivity index (χ2n) is 19.4. The summed E-state index contributed by atoms with van der Waals surface area (Å²) in [6.07, 6.45) is 16.3. The average Bonchev–Trinajstić information content (AvgIpc) is 3.34. The molecule has 16 nitrogen and oxygen atoms in total. The van der Waals surface area contributed by atoms with Gasteiger partial charge >= 0.3 is 30.0 Å². The Bertz CT molecular complexity index is 1830. The minimum absolute atomic E-state index is 0.0110. The lowest BCUT2D eigenvalue weighted by Crippen LogP contribution is -2.35. The Morgan fingerprint density at radius 3 is 1.47 bits per heavy atom. The van der Waals surface area contributed by atoms with Crippen molar-refractivity contribution in [2.45, 2.75) is 177 Å². The number of benzene rings is 1. The zero-order valence-electron chi connectivity index (χ0n) is 46.4. The summed E-state index contributed by atoms with van der Waals surface area (Å²) in [4.78, 5) is 57.0. The number of nitrogens with one attached hydrogen (secondary N) is 1. The number of amides is 1. The summed E-state index contributed by atoms with van der Waals surface area (Å²) in [5.41, 5.74) is -0.865. The first kappa shape index (κ1) is 71.6. The molecule has 1 rings (SSSR count). The predicted octanol–water partition coefficient (Wildman–Crippen LogP) is 12.8. The van der Waals surface area contributed by atoms with Gasteiger partial charge in [-0.25, -0.2) is 19.2 Å². The van der Waals surface area contributed by atoms with Gasteiger partial charge in [-0.1, -0.05) is 130 Å². The van der Waals surface area contributed by atoms with Crippen LogP contribution in [0, 0.1) is 34.0 Å². The van der Waals surface area contributed by atoms with E-state index in [0.29, 0.717) is 43.1 Å². The number of hydrogen-bond acceptors (Lipinski definition) is 16. The van der Waals surface area contributed by atoms with Gasteiger partial charge < -0.3 is 33.7 Å². The minimum Gasteiger partial charge on any atom is -0.490 e. The van der Waals surface area contributed by atoms with E-state index in [-0.39, 0.29) is 56.0 Å². The Morgan fingerprint density at radius 2 is 1.04 bits per heavy atom. The molecule has 1 atom stereocenters. The number of alkyl carbamates (subject to hydrolysis) is 1. The van der Waals surface area contributed by atoms with Gasteiger partial charge in [-0.2, -0.15) is 33.4 Å². The lowest BCUT2D eigenvalue weighted by Gasteiger charge is -2.28. The number of hydrogen-bond donors (Lipinski definition) is 2. The molecule has 17 heteroatoms. The third-order valence-electron chi connectivity index (χ3n) is 9.80. The van der Waals surface area contributed by atoms with Gasteiger partial charge in [0, 0.05) is 29.7 Å². The lowest BCUT2D eigenvalue weighted by molar-refractivity contribution is -0.150. The monoisotopic (exact) mass is 1040 g/mol. The van der Waals surface area contributed by atoms with Crippen LogP contribution in [0.15, 0.2) is 77.0 Å². The summed E-state index contributed by atoms with van der Waals surface area (Å²) in [6, 6.07) is 13.3. The number of carbonyl (C=O) groups is 5. The van der Waals surface area contributed by atoms with E-state index in [9.17, 15) is 24.0 Å². The van der Waals surface area contributed by atoms with Crippen LogP contribution < -0.4 is 10.1 Å². The number of carbonyl (C=O) groups excluding carboxylic acids is 5. The molecule has 0 aromatic heterocycles. The highest BCUT2D eigenvalue weighted by atomic mass is 32.1. The van der Waals surface area contributed by atoms with E-state index < -0.39 is 29.1 Å². The highest BCUT2D eigenvalue weighted by molar-refractivity contribution is 7.80. The minimum atomic E-state index is -0.839. The van der Waals surface area contributed by atoms with Gasteiger partial charge in [0.25, 0.3) is 0 Å². The van der Waals surface area contributed by atoms with Gasteiger partial charge in [0.2, 0.25) is 0 Å². The lowest BCUT2D eigenvalue weighted by atomic mass is 9.81. The first-order chi connectivity index (χ1) is 34.3. The summed E-state index contributed by atoms with van der Waals surface area (Å²) < 4.78 is 29.9. The Labute approximate surface area is 444 Å². The maximum absolute atomic E-state index is 11.8. The molecule has 0 spiro atoms. The highest BCUT2D eigenvalue weighted by Crippen LogP contribution is 2.27. The van der Waals surface area contributed by atoms with E-state index in [2.05, 4.69) is 61.8 Å². The number of azo groups is 1. The van der Waals surface area contributed by atoms with Crippen molar-refractivity contribution < 1.29 is 52.4 Å². The van der Waals surface area contributed by atoms with Crippen LogP contribution in [0.2, 0.25) is 0 Å². The molecule has 73 heavy (non-hydrogen) atoms. The summed E-state index contributed by atoms with van der Waals surface area (Å²) in [6.45, 7) is 31.1. The molecule has 1 unspecified atom stereocenters. The topological polar surface area (TPSA) is 225 Å². The Kier molecular flexibility index (Phi) is 43.0. The maximum atomic E-state index is 11.8.